The molecular weight excluding hydrogens is 513 g/mol. The van der Waals surface area contributed by atoms with E-state index in [-0.39, 0.29) is 17.0 Å². The summed E-state index contributed by atoms with van der Waals surface area (Å²) >= 11 is 1.99. The molecule has 1 aliphatic rings. The van der Waals surface area contributed by atoms with Gasteiger partial charge in [-0.25, -0.2) is 18.2 Å². The van der Waals surface area contributed by atoms with Crippen LogP contribution in [0, 0.1) is 3.57 Å². The fourth-order valence-electron chi connectivity index (χ4n) is 3.07. The van der Waals surface area contributed by atoms with Crippen LogP contribution in [-0.4, -0.2) is 48.7 Å². The molecule has 154 valence electrons. The first-order valence-electron chi connectivity index (χ1n) is 8.49. The molecule has 1 saturated heterocycles. The van der Waals surface area contributed by atoms with E-state index in [2.05, 4.69) is 10.3 Å². The molecule has 1 aromatic heterocycles. The quantitative estimate of drug-likeness (QED) is 0.568. The Balaban J connectivity index is 2.01. The third-order valence-electron chi connectivity index (χ3n) is 4.51. The van der Waals surface area contributed by atoms with Gasteiger partial charge >= 0.3 is 6.09 Å². The first-order chi connectivity index (χ1) is 13.6. The van der Waals surface area contributed by atoms with Gasteiger partial charge in [0.1, 0.15) is 11.5 Å². The van der Waals surface area contributed by atoms with Crippen molar-refractivity contribution < 1.29 is 27.9 Å². The summed E-state index contributed by atoms with van der Waals surface area (Å²) in [5, 5.41) is 11.4. The van der Waals surface area contributed by atoms with Crippen molar-refractivity contribution in [1.29, 1.82) is 0 Å². The lowest BCUT2D eigenvalue weighted by Gasteiger charge is -2.24. The number of sulfone groups is 1. The number of hydrogen-bond donors (Lipinski definition) is 2. The van der Waals surface area contributed by atoms with Crippen molar-refractivity contribution in [2.45, 2.75) is 23.9 Å². The molecule has 0 saturated carbocycles. The number of halogens is 1. The minimum atomic E-state index is -3.43. The predicted octanol–water partition coefficient (Wildman–Crippen LogP) is 3.27. The zero-order chi connectivity index (χ0) is 21.3. The van der Waals surface area contributed by atoms with Gasteiger partial charge in [-0.1, -0.05) is 0 Å². The van der Waals surface area contributed by atoms with Crippen molar-refractivity contribution in [2.75, 3.05) is 18.6 Å². The van der Waals surface area contributed by atoms with Crippen molar-refractivity contribution in [1.82, 2.24) is 9.88 Å². The highest BCUT2D eigenvalue weighted by atomic mass is 127. The number of carbonyl (C=O) groups is 2. The number of carboxylic acid groups (broad SMARTS) is 1. The average molecular weight is 531 g/mol. The summed E-state index contributed by atoms with van der Waals surface area (Å²) in [7, 11) is -1.74. The van der Waals surface area contributed by atoms with Crippen molar-refractivity contribution in [3.63, 3.8) is 0 Å². The Morgan fingerprint density at radius 1 is 1.38 bits per heavy atom. The number of aromatic nitrogens is 1. The molecule has 0 bridgehead atoms. The fraction of sp³-hybridized carbons (Fsp3) is 0.278. The zero-order valence-corrected chi connectivity index (χ0v) is 18.5. The SMILES string of the molecule is CN1C(=O)CCC1c1cc(NC(=O)O)c(I)cc1Oc1ccc(S(C)(=O)=O)nc1. The molecule has 1 unspecified atom stereocenters. The lowest BCUT2D eigenvalue weighted by molar-refractivity contribution is -0.127. The summed E-state index contributed by atoms with van der Waals surface area (Å²) in [6, 6.07) is 5.89. The van der Waals surface area contributed by atoms with Gasteiger partial charge < -0.3 is 14.7 Å². The van der Waals surface area contributed by atoms with Crippen molar-refractivity contribution in [3.8, 4) is 11.5 Å². The molecule has 1 aromatic carbocycles. The summed E-state index contributed by atoms with van der Waals surface area (Å²) in [5.74, 6) is 0.748. The zero-order valence-electron chi connectivity index (χ0n) is 15.5. The van der Waals surface area contributed by atoms with E-state index in [4.69, 9.17) is 9.84 Å². The van der Waals surface area contributed by atoms with E-state index < -0.39 is 15.9 Å². The van der Waals surface area contributed by atoms with Gasteiger partial charge in [0, 0.05) is 28.9 Å². The van der Waals surface area contributed by atoms with E-state index in [0.29, 0.717) is 39.2 Å². The van der Waals surface area contributed by atoms with E-state index in [1.807, 2.05) is 22.6 Å². The molecule has 3 rings (SSSR count). The normalized spacial score (nSPS) is 16.7. The molecule has 2 N–H and O–H groups in total. The van der Waals surface area contributed by atoms with Crippen LogP contribution in [0.1, 0.15) is 24.4 Å². The molecule has 29 heavy (non-hydrogen) atoms. The average Bonchev–Trinajstić information content (AvgIpc) is 2.96. The number of nitrogens with one attached hydrogen (secondary N) is 1. The second kappa shape index (κ2) is 8.14. The topological polar surface area (TPSA) is 126 Å². The number of anilines is 1. The van der Waals surface area contributed by atoms with Crippen molar-refractivity contribution in [3.05, 3.63) is 39.6 Å². The monoisotopic (exact) mass is 531 g/mol. The van der Waals surface area contributed by atoms with Crippen molar-refractivity contribution >= 4 is 50.1 Å². The Kier molecular flexibility index (Phi) is 5.98. The molecule has 0 aliphatic carbocycles. The van der Waals surface area contributed by atoms with Crippen LogP contribution in [0.4, 0.5) is 10.5 Å². The van der Waals surface area contributed by atoms with Gasteiger partial charge in [-0.05, 0) is 53.3 Å². The maximum Gasteiger partial charge on any atom is 0.409 e. The molecule has 1 aliphatic heterocycles. The molecule has 2 amide bonds. The van der Waals surface area contributed by atoms with E-state index in [0.717, 1.165) is 6.26 Å². The lowest BCUT2D eigenvalue weighted by atomic mass is 10.0. The lowest BCUT2D eigenvalue weighted by Crippen LogP contribution is -2.23. The summed E-state index contributed by atoms with van der Waals surface area (Å²) in [6.45, 7) is 0. The van der Waals surface area contributed by atoms with Gasteiger partial charge in [0.05, 0.1) is 17.9 Å². The number of likely N-dealkylation sites (tertiary alicyclic amines) is 1. The van der Waals surface area contributed by atoms with Gasteiger partial charge in [0.25, 0.3) is 0 Å². The molecular formula is C18H18IN3O6S. The van der Waals surface area contributed by atoms with Crippen LogP contribution in [0.3, 0.4) is 0 Å². The standard InChI is InChI=1S/C18H18IN3O6S/c1-22-14(4-6-17(22)23)11-7-13(21-18(24)25)12(19)8-15(11)28-10-3-5-16(20-9-10)29(2,26)27/h3,5,7-9,14,21H,4,6H2,1-2H3,(H,24,25). The van der Waals surface area contributed by atoms with Crippen LogP contribution < -0.4 is 10.1 Å². The second-order valence-electron chi connectivity index (χ2n) is 6.57. The first kappa shape index (κ1) is 21.3. The molecule has 1 atom stereocenters. The number of nitrogens with zero attached hydrogens (tertiary/aromatic N) is 2. The molecule has 0 spiro atoms. The smallest absolute Gasteiger partial charge is 0.409 e. The predicted molar refractivity (Wildman–Crippen MR) is 113 cm³/mol. The first-order valence-corrected chi connectivity index (χ1v) is 11.5. The minimum absolute atomic E-state index is 0.00795. The largest absolute Gasteiger partial charge is 0.465 e. The summed E-state index contributed by atoms with van der Waals surface area (Å²) in [5.41, 5.74) is 1.04. The van der Waals surface area contributed by atoms with Crippen LogP contribution in [0.2, 0.25) is 0 Å². The van der Waals surface area contributed by atoms with Crippen LogP contribution in [0.25, 0.3) is 0 Å². The highest BCUT2D eigenvalue weighted by Gasteiger charge is 2.32. The highest BCUT2D eigenvalue weighted by molar-refractivity contribution is 14.1. The molecule has 2 heterocycles. The molecule has 11 heteroatoms. The second-order valence-corrected chi connectivity index (χ2v) is 9.69. The maximum atomic E-state index is 12.0. The molecule has 2 aromatic rings. The van der Waals surface area contributed by atoms with Crippen LogP contribution >= 0.6 is 22.6 Å². The van der Waals surface area contributed by atoms with Crippen molar-refractivity contribution in [2.24, 2.45) is 0 Å². The van der Waals surface area contributed by atoms with Gasteiger partial charge in [-0.3, -0.25) is 10.1 Å². The molecule has 1 fully saturated rings. The number of benzene rings is 1. The number of ether oxygens (including phenoxy) is 1. The third kappa shape index (κ3) is 4.78. The fourth-order valence-corrected chi connectivity index (χ4v) is 4.21. The number of amides is 2. The number of carbonyl (C=O) groups excluding carboxylic acids is 1. The molecule has 0 radical (unpaired) electrons. The third-order valence-corrected chi connectivity index (χ3v) is 6.40. The highest BCUT2D eigenvalue weighted by Crippen LogP contribution is 2.41. The van der Waals surface area contributed by atoms with E-state index >= 15 is 0 Å². The van der Waals surface area contributed by atoms with Crippen LogP contribution in [0.5, 0.6) is 11.5 Å². The van der Waals surface area contributed by atoms with Gasteiger partial charge in [-0.15, -0.1) is 0 Å². The number of rotatable bonds is 5. The van der Waals surface area contributed by atoms with Gasteiger partial charge in [0.2, 0.25) is 5.91 Å². The summed E-state index contributed by atoms with van der Waals surface area (Å²) in [4.78, 5) is 28.6. The Bertz CT molecular complexity index is 1070. The maximum absolute atomic E-state index is 12.0. The van der Waals surface area contributed by atoms with Crippen LogP contribution in [-0.2, 0) is 14.6 Å². The summed E-state index contributed by atoms with van der Waals surface area (Å²) < 4.78 is 29.7. The van der Waals surface area contributed by atoms with E-state index in [1.54, 1.807) is 24.1 Å². The Hall–Kier alpha value is -2.41. The summed E-state index contributed by atoms with van der Waals surface area (Å²) in [6.07, 6.45) is 2.14. The minimum Gasteiger partial charge on any atom is -0.465 e. The molecule has 9 nitrogen and oxygen atoms in total. The van der Waals surface area contributed by atoms with Gasteiger partial charge in [0.15, 0.2) is 14.9 Å². The Labute approximate surface area is 181 Å². The van der Waals surface area contributed by atoms with E-state index in [9.17, 15) is 18.0 Å². The number of hydrogen-bond acceptors (Lipinski definition) is 6. The Morgan fingerprint density at radius 2 is 2.10 bits per heavy atom. The van der Waals surface area contributed by atoms with E-state index in [1.165, 1.54) is 18.3 Å². The van der Waals surface area contributed by atoms with Gasteiger partial charge in [-0.2, -0.15) is 0 Å². The Morgan fingerprint density at radius 3 is 2.62 bits per heavy atom. The number of pyridine rings is 1. The van der Waals surface area contributed by atoms with Crippen LogP contribution in [0.15, 0.2) is 35.5 Å².